The fourth-order valence-corrected chi connectivity index (χ4v) is 2.37. The third kappa shape index (κ3) is 3.31. The summed E-state index contributed by atoms with van der Waals surface area (Å²) in [6.07, 6.45) is 3.74. The first-order valence-electron chi connectivity index (χ1n) is 7.29. The second-order valence-corrected chi connectivity index (χ2v) is 5.59. The van der Waals surface area contributed by atoms with Gasteiger partial charge in [0.25, 0.3) is 5.91 Å². The number of fused-ring (bicyclic) bond motifs is 1. The minimum Gasteiger partial charge on any atom is -0.482 e. The SMILES string of the molecule is CN(C)c1cc[n+](CC(=O)c2ccc3c(c2)NC(=O)CO3)cc1. The zero-order valence-corrected chi connectivity index (χ0v) is 13.1. The van der Waals surface area contributed by atoms with Gasteiger partial charge >= 0.3 is 0 Å². The number of pyridine rings is 1. The number of aromatic nitrogens is 1. The summed E-state index contributed by atoms with van der Waals surface area (Å²) in [7, 11) is 3.93. The molecule has 2 aromatic rings. The molecule has 0 saturated heterocycles. The molecule has 0 aliphatic carbocycles. The number of hydrogen-bond acceptors (Lipinski definition) is 4. The Morgan fingerprint density at radius 2 is 2.00 bits per heavy atom. The lowest BCUT2D eigenvalue weighted by atomic mass is 10.1. The van der Waals surface area contributed by atoms with Crippen molar-refractivity contribution in [1.29, 1.82) is 0 Å². The first-order valence-corrected chi connectivity index (χ1v) is 7.29. The van der Waals surface area contributed by atoms with Gasteiger partial charge in [0.05, 0.1) is 5.69 Å². The minimum absolute atomic E-state index is 0.00830. The number of hydrogen-bond donors (Lipinski definition) is 1. The molecule has 2 heterocycles. The van der Waals surface area contributed by atoms with E-state index in [1.807, 2.05) is 48.1 Å². The summed E-state index contributed by atoms with van der Waals surface area (Å²) < 4.78 is 7.11. The summed E-state index contributed by atoms with van der Waals surface area (Å²) in [5.74, 6) is 0.343. The van der Waals surface area contributed by atoms with Crippen LogP contribution in [0.5, 0.6) is 5.75 Å². The van der Waals surface area contributed by atoms with E-state index in [2.05, 4.69) is 5.32 Å². The molecule has 1 aromatic heterocycles. The molecular weight excluding hydrogens is 294 g/mol. The quantitative estimate of drug-likeness (QED) is 0.682. The van der Waals surface area contributed by atoms with Crippen molar-refractivity contribution in [2.24, 2.45) is 0 Å². The molecule has 0 bridgehead atoms. The van der Waals surface area contributed by atoms with E-state index in [-0.39, 0.29) is 24.8 Å². The van der Waals surface area contributed by atoms with Gasteiger partial charge in [0.15, 0.2) is 19.0 Å². The van der Waals surface area contributed by atoms with Crippen LogP contribution in [0.3, 0.4) is 0 Å². The number of amides is 1. The zero-order chi connectivity index (χ0) is 16.4. The summed E-state index contributed by atoms with van der Waals surface area (Å²) in [6, 6.07) is 8.99. The van der Waals surface area contributed by atoms with Crippen LogP contribution in [0.25, 0.3) is 0 Å². The molecule has 1 aromatic carbocycles. The highest BCUT2D eigenvalue weighted by Crippen LogP contribution is 2.28. The van der Waals surface area contributed by atoms with Gasteiger partial charge in [-0.3, -0.25) is 9.59 Å². The Labute approximate surface area is 134 Å². The van der Waals surface area contributed by atoms with Crippen LogP contribution in [0.2, 0.25) is 0 Å². The van der Waals surface area contributed by atoms with E-state index in [9.17, 15) is 9.59 Å². The molecule has 1 aliphatic heterocycles. The van der Waals surface area contributed by atoms with E-state index < -0.39 is 0 Å². The van der Waals surface area contributed by atoms with Gasteiger partial charge in [0.2, 0.25) is 12.3 Å². The van der Waals surface area contributed by atoms with Gasteiger partial charge in [0.1, 0.15) is 5.75 Å². The predicted molar refractivity (Wildman–Crippen MR) is 85.9 cm³/mol. The molecular formula is C17H18N3O3+. The summed E-state index contributed by atoms with van der Waals surface area (Å²) in [5.41, 5.74) is 2.15. The van der Waals surface area contributed by atoms with Crippen molar-refractivity contribution in [3.63, 3.8) is 0 Å². The van der Waals surface area contributed by atoms with Crippen molar-refractivity contribution < 1.29 is 18.9 Å². The first kappa shape index (κ1) is 15.0. The van der Waals surface area contributed by atoms with Crippen LogP contribution >= 0.6 is 0 Å². The normalized spacial score (nSPS) is 12.9. The Hall–Kier alpha value is -2.89. The predicted octanol–water partition coefficient (Wildman–Crippen LogP) is 1.25. The Morgan fingerprint density at radius 1 is 1.26 bits per heavy atom. The fraction of sp³-hybridized carbons (Fsp3) is 0.235. The van der Waals surface area contributed by atoms with Crippen LogP contribution in [0.4, 0.5) is 11.4 Å². The number of nitrogens with zero attached hydrogens (tertiary/aromatic N) is 2. The molecule has 1 aliphatic rings. The van der Waals surface area contributed by atoms with Gasteiger partial charge < -0.3 is 15.0 Å². The van der Waals surface area contributed by atoms with Crippen molar-refractivity contribution in [3.05, 3.63) is 48.3 Å². The van der Waals surface area contributed by atoms with Crippen molar-refractivity contribution >= 4 is 23.1 Å². The van der Waals surface area contributed by atoms with Crippen molar-refractivity contribution in [2.75, 3.05) is 30.9 Å². The second-order valence-electron chi connectivity index (χ2n) is 5.59. The highest BCUT2D eigenvalue weighted by molar-refractivity contribution is 6.00. The molecule has 0 radical (unpaired) electrons. The fourth-order valence-electron chi connectivity index (χ4n) is 2.37. The maximum atomic E-state index is 12.4. The van der Waals surface area contributed by atoms with Gasteiger partial charge in [-0.25, -0.2) is 0 Å². The number of anilines is 2. The van der Waals surface area contributed by atoms with E-state index in [1.54, 1.807) is 18.2 Å². The molecule has 1 amide bonds. The number of rotatable bonds is 4. The van der Waals surface area contributed by atoms with E-state index >= 15 is 0 Å². The van der Waals surface area contributed by atoms with E-state index in [0.717, 1.165) is 5.69 Å². The molecule has 6 nitrogen and oxygen atoms in total. The standard InChI is InChI=1S/C17H17N3O3/c1-19(2)13-5-7-20(8-6-13)10-15(21)12-3-4-16-14(9-12)18-17(22)11-23-16/h3-9H,10-11H2,1-2H3/p+1. The average Bonchev–Trinajstić information content (AvgIpc) is 2.54. The number of ether oxygens (including phenoxy) is 1. The minimum atomic E-state index is -0.212. The summed E-state index contributed by atoms with van der Waals surface area (Å²) in [6.45, 7) is 0.246. The van der Waals surface area contributed by atoms with Gasteiger partial charge in [-0.2, -0.15) is 4.57 Å². The average molecular weight is 312 g/mol. The molecule has 1 N–H and O–H groups in total. The maximum absolute atomic E-state index is 12.4. The molecule has 23 heavy (non-hydrogen) atoms. The van der Waals surface area contributed by atoms with E-state index in [1.165, 1.54) is 0 Å². The Bertz CT molecular complexity index is 754. The van der Waals surface area contributed by atoms with Crippen LogP contribution in [0, 0.1) is 0 Å². The van der Waals surface area contributed by atoms with E-state index in [4.69, 9.17) is 4.74 Å². The Morgan fingerprint density at radius 3 is 2.70 bits per heavy atom. The molecule has 3 rings (SSSR count). The molecule has 0 spiro atoms. The molecule has 0 atom stereocenters. The third-order valence-electron chi connectivity index (χ3n) is 3.65. The first-order chi connectivity index (χ1) is 11.0. The smallest absolute Gasteiger partial charge is 0.262 e. The molecule has 0 saturated carbocycles. The van der Waals surface area contributed by atoms with E-state index in [0.29, 0.717) is 17.0 Å². The Kier molecular flexibility index (Phi) is 3.97. The monoisotopic (exact) mass is 312 g/mol. The van der Waals surface area contributed by atoms with Crippen LogP contribution in [0.1, 0.15) is 10.4 Å². The van der Waals surface area contributed by atoms with Crippen molar-refractivity contribution in [1.82, 2.24) is 0 Å². The lowest BCUT2D eigenvalue weighted by molar-refractivity contribution is -0.683. The van der Waals surface area contributed by atoms with Crippen LogP contribution in [-0.4, -0.2) is 32.4 Å². The zero-order valence-electron chi connectivity index (χ0n) is 13.1. The number of ketones is 1. The van der Waals surface area contributed by atoms with Crippen LogP contribution in [0.15, 0.2) is 42.7 Å². The maximum Gasteiger partial charge on any atom is 0.262 e. The number of Topliss-reactive ketones (excluding diaryl/α,β-unsaturated/α-hetero) is 1. The summed E-state index contributed by atoms with van der Waals surface area (Å²) in [5, 5.41) is 2.71. The van der Waals surface area contributed by atoms with Gasteiger partial charge in [-0.05, 0) is 18.2 Å². The molecule has 0 unspecified atom stereocenters. The number of benzene rings is 1. The highest BCUT2D eigenvalue weighted by atomic mass is 16.5. The number of carbonyl (C=O) groups is 2. The van der Waals surface area contributed by atoms with Crippen LogP contribution < -0.4 is 19.5 Å². The molecule has 0 fully saturated rings. The largest absolute Gasteiger partial charge is 0.482 e. The van der Waals surface area contributed by atoms with Crippen molar-refractivity contribution in [2.45, 2.75) is 6.54 Å². The topological polar surface area (TPSA) is 62.5 Å². The highest BCUT2D eigenvalue weighted by Gasteiger charge is 2.19. The summed E-state index contributed by atoms with van der Waals surface area (Å²) >= 11 is 0. The molecule has 6 heteroatoms. The lowest BCUT2D eigenvalue weighted by Gasteiger charge is -2.18. The summed E-state index contributed by atoms with van der Waals surface area (Å²) in [4.78, 5) is 25.8. The number of carbonyl (C=O) groups excluding carboxylic acids is 2. The van der Waals surface area contributed by atoms with Crippen LogP contribution in [-0.2, 0) is 11.3 Å². The van der Waals surface area contributed by atoms with Crippen molar-refractivity contribution in [3.8, 4) is 5.75 Å². The van der Waals surface area contributed by atoms with Gasteiger partial charge in [0, 0.05) is 37.5 Å². The van der Waals surface area contributed by atoms with Gasteiger partial charge in [-0.15, -0.1) is 0 Å². The van der Waals surface area contributed by atoms with Gasteiger partial charge in [-0.1, -0.05) is 0 Å². The lowest BCUT2D eigenvalue weighted by Crippen LogP contribution is -2.37. The molecule has 118 valence electrons. The second kappa shape index (κ2) is 6.08. The number of nitrogens with one attached hydrogen (secondary N) is 1. The Balaban J connectivity index is 1.75. The third-order valence-corrected chi connectivity index (χ3v) is 3.65.